The van der Waals surface area contributed by atoms with Crippen LogP contribution in [-0.4, -0.2) is 11.0 Å². The first-order valence-corrected chi connectivity index (χ1v) is 14.2. The minimum Gasteiger partial charge on any atom is -0.423 e. The van der Waals surface area contributed by atoms with E-state index in [0.29, 0.717) is 5.75 Å². The molecule has 3 nitrogen and oxygen atoms in total. The third-order valence-corrected chi connectivity index (χ3v) is 6.83. The number of carbonyl (C=O) groups is 1. The molecule has 0 bridgehead atoms. The Labute approximate surface area is 222 Å². The molecule has 198 valence electrons. The highest BCUT2D eigenvalue weighted by Gasteiger charge is 2.15. The Morgan fingerprint density at radius 2 is 1.32 bits per heavy atom. The molecule has 0 amide bonds. The molecule has 0 N–H and O–H groups in total. The zero-order valence-electron chi connectivity index (χ0n) is 22.6. The molecule has 4 heteroatoms. The van der Waals surface area contributed by atoms with Crippen LogP contribution in [0.3, 0.4) is 0 Å². The molecule has 0 unspecified atom stereocenters. The first-order valence-electron chi connectivity index (χ1n) is 14.2. The summed E-state index contributed by atoms with van der Waals surface area (Å²) in [6.07, 6.45) is 17.5. The van der Waals surface area contributed by atoms with Crippen molar-refractivity contribution < 1.29 is 13.9 Å². The summed E-state index contributed by atoms with van der Waals surface area (Å²) in [6.45, 7) is 4.42. The number of benzene rings is 2. The van der Waals surface area contributed by atoms with Gasteiger partial charge < -0.3 is 4.74 Å². The average Bonchev–Trinajstić information content (AvgIpc) is 2.91. The second kappa shape index (κ2) is 16.0. The van der Waals surface area contributed by atoms with Gasteiger partial charge in [0.15, 0.2) is 0 Å². The summed E-state index contributed by atoms with van der Waals surface area (Å²) in [5, 5.41) is 0. The largest absolute Gasteiger partial charge is 0.423 e. The summed E-state index contributed by atoms with van der Waals surface area (Å²) in [7, 11) is 0. The van der Waals surface area contributed by atoms with Crippen LogP contribution in [-0.2, 0) is 12.8 Å². The van der Waals surface area contributed by atoms with Crippen molar-refractivity contribution >= 4 is 5.97 Å². The standard InChI is InChI=1S/C33H42FNO2/c1-3-5-7-9-10-11-13-15-27-17-23-32(35-25-27)28-18-20-29(21-19-28)37-33(36)30-22-16-26(24-31(30)34)14-12-8-6-4-2/h16-25H,3-15H2,1-2H3. The highest BCUT2D eigenvalue weighted by atomic mass is 19.1. The van der Waals surface area contributed by atoms with Crippen LogP contribution in [0, 0.1) is 5.82 Å². The van der Waals surface area contributed by atoms with Gasteiger partial charge in [0.05, 0.1) is 11.3 Å². The van der Waals surface area contributed by atoms with Gasteiger partial charge in [0, 0.05) is 11.8 Å². The van der Waals surface area contributed by atoms with Crippen molar-refractivity contribution in [3.05, 3.63) is 83.3 Å². The number of carbonyl (C=O) groups excluding carboxylic acids is 1. The molecule has 37 heavy (non-hydrogen) atoms. The van der Waals surface area contributed by atoms with Crippen molar-refractivity contribution in [1.82, 2.24) is 4.98 Å². The minimum absolute atomic E-state index is 0.0420. The second-order valence-corrected chi connectivity index (χ2v) is 9.96. The number of ether oxygens (including phenoxy) is 1. The maximum Gasteiger partial charge on any atom is 0.346 e. The Balaban J connectivity index is 1.48. The smallest absolute Gasteiger partial charge is 0.346 e. The van der Waals surface area contributed by atoms with Crippen molar-refractivity contribution in [2.45, 2.75) is 97.3 Å². The molecule has 0 aliphatic rings. The van der Waals surface area contributed by atoms with E-state index in [1.54, 1.807) is 12.1 Å². The van der Waals surface area contributed by atoms with Crippen molar-refractivity contribution in [2.75, 3.05) is 0 Å². The van der Waals surface area contributed by atoms with Gasteiger partial charge in [-0.2, -0.15) is 0 Å². The van der Waals surface area contributed by atoms with Crippen LogP contribution in [0.5, 0.6) is 5.75 Å². The first-order chi connectivity index (χ1) is 18.1. The summed E-state index contributed by atoms with van der Waals surface area (Å²) in [5.74, 6) is -0.835. The molecule has 0 atom stereocenters. The number of hydrogen-bond donors (Lipinski definition) is 0. The molecular formula is C33H42FNO2. The Morgan fingerprint density at radius 3 is 1.95 bits per heavy atom. The zero-order valence-corrected chi connectivity index (χ0v) is 22.6. The Morgan fingerprint density at radius 1 is 0.730 bits per heavy atom. The highest BCUT2D eigenvalue weighted by Crippen LogP contribution is 2.23. The van der Waals surface area contributed by atoms with Gasteiger partial charge in [0.2, 0.25) is 0 Å². The summed E-state index contributed by atoms with van der Waals surface area (Å²) < 4.78 is 20.0. The number of unbranched alkanes of at least 4 members (excludes halogenated alkanes) is 9. The van der Waals surface area contributed by atoms with Crippen LogP contribution < -0.4 is 4.74 Å². The van der Waals surface area contributed by atoms with E-state index in [4.69, 9.17) is 4.74 Å². The van der Waals surface area contributed by atoms with E-state index >= 15 is 0 Å². The lowest BCUT2D eigenvalue weighted by Gasteiger charge is -2.08. The Bertz CT molecular complexity index is 1080. The minimum atomic E-state index is -0.685. The van der Waals surface area contributed by atoms with Gasteiger partial charge in [-0.05, 0) is 79.3 Å². The van der Waals surface area contributed by atoms with Crippen LogP contribution in [0.15, 0.2) is 60.8 Å². The molecule has 1 heterocycles. The van der Waals surface area contributed by atoms with E-state index < -0.39 is 11.8 Å². The third kappa shape index (κ3) is 9.76. The lowest BCUT2D eigenvalue weighted by atomic mass is 10.0. The van der Waals surface area contributed by atoms with Gasteiger partial charge in [-0.15, -0.1) is 0 Å². The van der Waals surface area contributed by atoms with E-state index in [1.807, 2.05) is 30.5 Å². The molecule has 3 aromatic rings. The summed E-state index contributed by atoms with van der Waals surface area (Å²) >= 11 is 0. The molecule has 0 fully saturated rings. The zero-order chi connectivity index (χ0) is 26.3. The number of aromatic nitrogens is 1. The van der Waals surface area contributed by atoms with E-state index in [1.165, 1.54) is 75.5 Å². The van der Waals surface area contributed by atoms with Crippen molar-refractivity contribution in [2.24, 2.45) is 0 Å². The number of hydrogen-bond acceptors (Lipinski definition) is 3. The molecular weight excluding hydrogens is 461 g/mol. The second-order valence-electron chi connectivity index (χ2n) is 9.96. The number of aryl methyl sites for hydroxylation is 2. The fourth-order valence-corrected chi connectivity index (χ4v) is 4.52. The third-order valence-electron chi connectivity index (χ3n) is 6.83. The molecule has 1 aromatic heterocycles. The van der Waals surface area contributed by atoms with Crippen LogP contribution >= 0.6 is 0 Å². The van der Waals surface area contributed by atoms with Crippen LogP contribution in [0.2, 0.25) is 0 Å². The van der Waals surface area contributed by atoms with Gasteiger partial charge in [-0.25, -0.2) is 9.18 Å². The first kappa shape index (κ1) is 28.6. The maximum atomic E-state index is 14.5. The molecule has 0 spiro atoms. The fraction of sp³-hybridized carbons (Fsp3) is 0.455. The van der Waals surface area contributed by atoms with Gasteiger partial charge >= 0.3 is 5.97 Å². The normalized spacial score (nSPS) is 11.0. The molecule has 0 aliphatic carbocycles. The summed E-state index contributed by atoms with van der Waals surface area (Å²) in [5.41, 5.74) is 3.95. The van der Waals surface area contributed by atoms with E-state index in [0.717, 1.165) is 42.5 Å². The Kier molecular flexibility index (Phi) is 12.3. The molecule has 2 aromatic carbocycles. The topological polar surface area (TPSA) is 39.2 Å². The predicted octanol–water partition coefficient (Wildman–Crippen LogP) is 9.52. The maximum absolute atomic E-state index is 14.5. The van der Waals surface area contributed by atoms with Crippen molar-refractivity contribution in [1.29, 1.82) is 0 Å². The number of halogens is 1. The fourth-order valence-electron chi connectivity index (χ4n) is 4.52. The van der Waals surface area contributed by atoms with Gasteiger partial charge in [0.25, 0.3) is 0 Å². The van der Waals surface area contributed by atoms with Crippen LogP contribution in [0.25, 0.3) is 11.3 Å². The lowest BCUT2D eigenvalue weighted by molar-refractivity contribution is 0.0730. The van der Waals surface area contributed by atoms with Gasteiger partial charge in [-0.3, -0.25) is 4.98 Å². The quantitative estimate of drug-likeness (QED) is 0.111. The van der Waals surface area contributed by atoms with Gasteiger partial charge in [0.1, 0.15) is 11.6 Å². The number of pyridine rings is 1. The Hall–Kier alpha value is -3.01. The summed E-state index contributed by atoms with van der Waals surface area (Å²) in [4.78, 5) is 17.2. The number of nitrogens with zero attached hydrogens (tertiary/aromatic N) is 1. The molecule has 0 saturated heterocycles. The van der Waals surface area contributed by atoms with Crippen molar-refractivity contribution in [3.8, 4) is 17.0 Å². The number of rotatable bonds is 16. The SMILES string of the molecule is CCCCCCCCCc1ccc(-c2ccc(OC(=O)c3ccc(CCCCCC)cc3F)cc2)nc1. The monoisotopic (exact) mass is 503 g/mol. The molecule has 0 saturated carbocycles. The highest BCUT2D eigenvalue weighted by molar-refractivity contribution is 5.91. The number of esters is 1. The predicted molar refractivity (Wildman–Crippen MR) is 151 cm³/mol. The molecule has 0 radical (unpaired) electrons. The van der Waals surface area contributed by atoms with Crippen molar-refractivity contribution in [3.63, 3.8) is 0 Å². The summed E-state index contributed by atoms with van der Waals surface area (Å²) in [6, 6.07) is 16.2. The van der Waals surface area contributed by atoms with Crippen LogP contribution in [0.4, 0.5) is 4.39 Å². The van der Waals surface area contributed by atoms with E-state index in [9.17, 15) is 9.18 Å². The van der Waals surface area contributed by atoms with Crippen LogP contribution in [0.1, 0.15) is 106 Å². The van der Waals surface area contributed by atoms with Gasteiger partial charge in [-0.1, -0.05) is 83.8 Å². The van der Waals surface area contributed by atoms with E-state index in [-0.39, 0.29) is 5.56 Å². The van der Waals surface area contributed by atoms with E-state index in [2.05, 4.69) is 24.9 Å². The molecule has 3 rings (SSSR count). The molecule has 0 aliphatic heterocycles. The lowest BCUT2D eigenvalue weighted by Crippen LogP contribution is -2.11. The average molecular weight is 504 g/mol.